The van der Waals surface area contributed by atoms with Crippen LogP contribution in [0.1, 0.15) is 119 Å². The highest BCUT2D eigenvalue weighted by Gasteiger charge is 2.31. The molecule has 5 N–H and O–H groups in total. The maximum Gasteiger partial charge on any atom is 0.261 e. The molecular formula is C88H93FN22O4S. The number of anilines is 7. The number of piperazine rings is 1. The van der Waals surface area contributed by atoms with Gasteiger partial charge in [-0.25, -0.2) is 24.3 Å². The van der Waals surface area contributed by atoms with E-state index in [1.807, 2.05) is 112 Å². The largest absolute Gasteiger partial charge is 0.490 e. The monoisotopic (exact) mass is 1570 g/mol. The molecule has 3 unspecified atom stereocenters. The van der Waals surface area contributed by atoms with Crippen molar-refractivity contribution in [3.8, 4) is 28.3 Å². The number of allylic oxidation sites excluding steroid dienone is 4. The average molecular weight is 1570 g/mol. The zero-order valence-electron chi connectivity index (χ0n) is 65.9. The van der Waals surface area contributed by atoms with E-state index >= 15 is 4.39 Å². The molecule has 8 aromatic heterocycles. The molecule has 26 nitrogen and oxygen atoms in total. The predicted molar refractivity (Wildman–Crippen MR) is 461 cm³/mol. The Kier molecular flexibility index (Phi) is 22.4. The summed E-state index contributed by atoms with van der Waals surface area (Å²) in [5.41, 5.74) is 13.0. The Balaban J connectivity index is 0.000000125. The Bertz CT molecular complexity index is 5900. The summed E-state index contributed by atoms with van der Waals surface area (Å²) in [4.78, 5) is 100. The molecule has 0 radical (unpaired) electrons. The number of hydrogen-bond donors (Lipinski definition) is 5. The second kappa shape index (κ2) is 33.9. The van der Waals surface area contributed by atoms with Gasteiger partial charge in [-0.2, -0.15) is 26.7 Å². The fourth-order valence-electron chi connectivity index (χ4n) is 15.4. The van der Waals surface area contributed by atoms with Gasteiger partial charge in [-0.05, 0) is 194 Å². The number of fused-ring (bicyclic) bond motifs is 3. The lowest BCUT2D eigenvalue weighted by Crippen LogP contribution is -2.49. The summed E-state index contributed by atoms with van der Waals surface area (Å²) in [6.07, 6.45) is 28.4. The smallest absolute Gasteiger partial charge is 0.261 e. The molecule has 13 heterocycles. The van der Waals surface area contributed by atoms with Crippen molar-refractivity contribution in [1.82, 2.24) is 74.1 Å². The third-order valence-electron chi connectivity index (χ3n) is 22.1. The van der Waals surface area contributed by atoms with Crippen LogP contribution in [0.4, 0.5) is 45.0 Å². The van der Waals surface area contributed by atoms with E-state index in [0.717, 1.165) is 134 Å². The van der Waals surface area contributed by atoms with Gasteiger partial charge in [0.1, 0.15) is 34.6 Å². The normalized spacial score (nSPS) is 18.8. The Morgan fingerprint density at radius 1 is 0.629 bits per heavy atom. The molecule has 0 amide bonds. The van der Waals surface area contributed by atoms with Crippen LogP contribution in [0.15, 0.2) is 193 Å². The highest BCUT2D eigenvalue weighted by molar-refractivity contribution is 7.99. The standard InChI is InChI=1S/C30H32FN9O.C29H29N7OS.C29H32N6O2/c1-17-15-39(10-9-33-17)25-6-5-22(12-24(25)31)36-30-34-14-21-11-23(29(41)40(28(21)38-30)16-19-3-4-19)26-18(2)35-27(37-26)20-7-8-32-13-20;1-18(2)36-27-21(13-23(28(36)37)25-16-31-24(15-32-25)19-5-3-4-6-19)14-33-29(35-27)34-22-9-7-20(8-10-22)26-17-30-11-12-38-26;1-3-35-27-21(16-25(28(35)36)26-11-6-20(17-30-26)19-4-5-19)18-31-29(33-27)32-22-7-9-23(10-8-22)37-24-12-14-34(2)15-13-24/h5-7,11-14,17-19,33H,3-4,8-10,15-16H2,1-2H3,(H,34,36,38);3,5-10,13-16,18,26,30H,4,11-12,17H2,1-2H3,(H,33,34,35);6-11,16-19,24H,3-5,12-15H2,1-2H3,(H,31,32,33). The maximum atomic E-state index is 15.1. The number of rotatable bonds is 20. The summed E-state index contributed by atoms with van der Waals surface area (Å²) >= 11 is 1.99. The topological polar surface area (TPSA) is 295 Å². The van der Waals surface area contributed by atoms with Crippen LogP contribution in [0.5, 0.6) is 5.75 Å². The lowest BCUT2D eigenvalue weighted by Gasteiger charge is -2.33. The molecule has 592 valence electrons. The number of thioether (sulfide) groups is 1. The molecule has 11 aromatic rings. The first kappa shape index (κ1) is 76.8. The van der Waals surface area contributed by atoms with Crippen molar-refractivity contribution in [2.75, 3.05) is 86.0 Å². The Morgan fingerprint density at radius 2 is 1.27 bits per heavy atom. The summed E-state index contributed by atoms with van der Waals surface area (Å²) in [5, 5.41) is 19.3. The number of nitrogens with one attached hydrogen (secondary N) is 5. The SMILES string of the molecule is CC(C)n1c(=O)c(-c2cnc(C3=CCC=C3)cn2)cc2cnc(Nc3ccc(C4CNCCS4)cc3)nc21.CC1CN(c2ccc(Nc3ncc4cc(C5=NC(C6=CCN=C6)=NC5C)c(=O)n(CC5CC5)c4n3)cc2F)CCN1.CCn1c(=O)c(-c2ccc(C3CC3)cn2)cc2cnc(Nc3ccc(OC4CCN(C)CC4)cc3)nc21. The summed E-state index contributed by atoms with van der Waals surface area (Å²) in [5.74, 6) is 4.58. The highest BCUT2D eigenvalue weighted by atomic mass is 32.2. The van der Waals surface area contributed by atoms with Crippen molar-refractivity contribution < 1.29 is 9.13 Å². The van der Waals surface area contributed by atoms with E-state index in [-0.39, 0.29) is 40.7 Å². The Hall–Kier alpha value is -11.9. The summed E-state index contributed by atoms with van der Waals surface area (Å²) < 4.78 is 26.4. The van der Waals surface area contributed by atoms with E-state index in [4.69, 9.17) is 24.7 Å². The van der Waals surface area contributed by atoms with Gasteiger partial charge in [0.05, 0.1) is 70.2 Å². The molecule has 0 bridgehead atoms. The first-order valence-electron chi connectivity index (χ1n) is 40.3. The van der Waals surface area contributed by atoms with E-state index < -0.39 is 0 Å². The Labute approximate surface area is 674 Å². The first-order chi connectivity index (χ1) is 56.6. The van der Waals surface area contributed by atoms with Crippen LogP contribution < -0.4 is 52.9 Å². The quantitative estimate of drug-likeness (QED) is 0.0474. The number of ether oxygens (including phenoxy) is 1. The van der Waals surface area contributed by atoms with E-state index in [0.29, 0.717) is 129 Å². The molecule has 5 fully saturated rings. The lowest BCUT2D eigenvalue weighted by atomic mass is 10.1. The van der Waals surface area contributed by atoms with Gasteiger partial charge in [0.15, 0.2) is 5.84 Å². The van der Waals surface area contributed by atoms with Crippen LogP contribution in [0.3, 0.4) is 0 Å². The van der Waals surface area contributed by atoms with Crippen molar-refractivity contribution >= 4 is 109 Å². The number of halogens is 1. The summed E-state index contributed by atoms with van der Waals surface area (Å²) in [7, 11) is 2.15. The molecule has 28 heteroatoms. The van der Waals surface area contributed by atoms with Crippen LogP contribution >= 0.6 is 11.8 Å². The second-order valence-electron chi connectivity index (χ2n) is 31.1. The number of benzene rings is 3. The second-order valence-corrected chi connectivity index (χ2v) is 32.4. The van der Waals surface area contributed by atoms with Crippen LogP contribution in [-0.2, 0) is 13.1 Å². The fourth-order valence-corrected chi connectivity index (χ4v) is 16.6. The van der Waals surface area contributed by atoms with Crippen molar-refractivity contribution in [2.24, 2.45) is 20.9 Å². The zero-order valence-corrected chi connectivity index (χ0v) is 66.7. The molecule has 3 saturated heterocycles. The Morgan fingerprint density at radius 3 is 1.88 bits per heavy atom. The van der Waals surface area contributed by atoms with Gasteiger partial charge in [0.25, 0.3) is 16.7 Å². The van der Waals surface area contributed by atoms with Crippen molar-refractivity contribution in [3.05, 3.63) is 223 Å². The molecule has 5 aliphatic heterocycles. The zero-order chi connectivity index (χ0) is 79.5. The number of nitrogens with zero attached hydrogens (tertiary/aromatic N) is 17. The van der Waals surface area contributed by atoms with E-state index in [1.54, 1.807) is 57.0 Å². The molecule has 3 atom stereocenters. The number of aliphatic imine (C=N–C) groups is 3. The predicted octanol–water partition coefficient (Wildman–Crippen LogP) is 13.7. The maximum absolute atomic E-state index is 15.1. The molecule has 3 aliphatic carbocycles. The minimum atomic E-state index is -0.298. The van der Waals surface area contributed by atoms with Gasteiger partial charge in [0.2, 0.25) is 17.8 Å². The van der Waals surface area contributed by atoms with E-state index in [1.165, 1.54) is 30.0 Å². The molecule has 116 heavy (non-hydrogen) atoms. The summed E-state index contributed by atoms with van der Waals surface area (Å²) in [6, 6.07) is 30.8. The van der Waals surface area contributed by atoms with Gasteiger partial charge < -0.3 is 41.1 Å². The molecular weight excluding hydrogens is 1480 g/mol. The average Bonchev–Trinajstić information content (AvgIpc) is 1.60. The van der Waals surface area contributed by atoms with Crippen LogP contribution in [0, 0.1) is 11.7 Å². The molecule has 19 rings (SSSR count). The van der Waals surface area contributed by atoms with Crippen LogP contribution in [0.25, 0.3) is 61.2 Å². The first-order valence-corrected chi connectivity index (χ1v) is 41.3. The third kappa shape index (κ3) is 17.2. The van der Waals surface area contributed by atoms with Crippen molar-refractivity contribution in [1.29, 1.82) is 0 Å². The minimum absolute atomic E-state index is 0.0956. The summed E-state index contributed by atoms with van der Waals surface area (Å²) in [6.45, 7) is 18.2. The number of amidine groups is 1. The molecule has 0 spiro atoms. The fraction of sp³-hybridized carbons (Fsp3) is 0.352. The minimum Gasteiger partial charge on any atom is -0.490 e. The van der Waals surface area contributed by atoms with E-state index in [9.17, 15) is 14.4 Å². The number of piperidine rings is 1. The van der Waals surface area contributed by atoms with Crippen LogP contribution in [-0.4, -0.2) is 165 Å². The number of aromatic nitrogens is 12. The lowest BCUT2D eigenvalue weighted by molar-refractivity contribution is 0.114. The van der Waals surface area contributed by atoms with Gasteiger partial charge >= 0.3 is 0 Å². The van der Waals surface area contributed by atoms with Gasteiger partial charge in [-0.15, -0.1) is 0 Å². The number of likely N-dealkylation sites (tertiary alicyclic amines) is 1. The van der Waals surface area contributed by atoms with Gasteiger partial charge in [-0.1, -0.05) is 42.5 Å². The van der Waals surface area contributed by atoms with Crippen LogP contribution in [0.2, 0.25) is 0 Å². The molecule has 8 aliphatic rings. The van der Waals surface area contributed by atoms with Crippen molar-refractivity contribution in [3.63, 3.8) is 0 Å². The van der Waals surface area contributed by atoms with Gasteiger partial charge in [0, 0.05) is 152 Å². The van der Waals surface area contributed by atoms with Crippen molar-refractivity contribution in [2.45, 2.75) is 128 Å². The molecule has 2 saturated carbocycles. The molecule has 3 aromatic carbocycles. The third-order valence-corrected chi connectivity index (χ3v) is 23.4. The van der Waals surface area contributed by atoms with Gasteiger partial charge in [-0.3, -0.25) is 53.0 Å². The highest BCUT2D eigenvalue weighted by Crippen LogP contribution is 2.40. The number of aryl methyl sites for hydroxylation is 1. The number of hydrogen-bond acceptors (Lipinski definition) is 24. The van der Waals surface area contributed by atoms with E-state index in [2.05, 4.69) is 133 Å². The number of pyridine rings is 4.